The van der Waals surface area contributed by atoms with E-state index in [4.69, 9.17) is 9.52 Å². The summed E-state index contributed by atoms with van der Waals surface area (Å²) in [4.78, 5) is 12.7. The Balaban J connectivity index is 2.17. The quantitative estimate of drug-likeness (QED) is 0.852. The molecule has 0 bridgehead atoms. The molecule has 0 aliphatic rings. The van der Waals surface area contributed by atoms with Gasteiger partial charge in [-0.25, -0.2) is 0 Å². The Morgan fingerprint density at radius 1 is 1.39 bits per heavy atom. The largest absolute Gasteiger partial charge is 0.480 e. The minimum Gasteiger partial charge on any atom is -0.480 e. The summed E-state index contributed by atoms with van der Waals surface area (Å²) in [6.45, 7) is 3.48. The van der Waals surface area contributed by atoms with Crippen molar-refractivity contribution in [2.45, 2.75) is 19.9 Å². The molecule has 0 amide bonds. The fourth-order valence-corrected chi connectivity index (χ4v) is 2.12. The van der Waals surface area contributed by atoms with Gasteiger partial charge in [-0.2, -0.15) is 0 Å². The standard InChI is InChI=1S/C14H17NO3/c1-2-7-15(9-14(16)17)8-11-10-18-13-6-4-3-5-12(11)13/h3-6,10H,2,7-9H2,1H3,(H,16,17). The summed E-state index contributed by atoms with van der Waals surface area (Å²) in [5, 5.41) is 9.95. The van der Waals surface area contributed by atoms with Gasteiger partial charge >= 0.3 is 5.97 Å². The molecule has 2 rings (SSSR count). The number of para-hydroxylation sites is 1. The Morgan fingerprint density at radius 2 is 2.17 bits per heavy atom. The predicted octanol–water partition coefficient (Wildman–Crippen LogP) is 2.73. The van der Waals surface area contributed by atoms with Gasteiger partial charge in [0.25, 0.3) is 0 Å². The molecule has 2 aromatic rings. The second-order valence-electron chi connectivity index (χ2n) is 4.36. The van der Waals surface area contributed by atoms with E-state index < -0.39 is 5.97 Å². The molecular weight excluding hydrogens is 230 g/mol. The van der Waals surface area contributed by atoms with E-state index >= 15 is 0 Å². The van der Waals surface area contributed by atoms with Crippen molar-refractivity contribution >= 4 is 16.9 Å². The maximum Gasteiger partial charge on any atom is 0.317 e. The van der Waals surface area contributed by atoms with Crippen LogP contribution in [-0.2, 0) is 11.3 Å². The van der Waals surface area contributed by atoms with Gasteiger partial charge in [0.2, 0.25) is 0 Å². The van der Waals surface area contributed by atoms with E-state index in [0.717, 1.165) is 29.5 Å². The Bertz CT molecular complexity index is 533. The second-order valence-corrected chi connectivity index (χ2v) is 4.36. The molecule has 4 heteroatoms. The molecule has 0 saturated heterocycles. The molecule has 1 aromatic carbocycles. The molecule has 96 valence electrons. The van der Waals surface area contributed by atoms with Gasteiger partial charge in [0.05, 0.1) is 12.8 Å². The van der Waals surface area contributed by atoms with Crippen molar-refractivity contribution < 1.29 is 14.3 Å². The molecule has 1 N–H and O–H groups in total. The van der Waals surface area contributed by atoms with Crippen LogP contribution in [0.5, 0.6) is 0 Å². The van der Waals surface area contributed by atoms with Crippen LogP contribution in [0.1, 0.15) is 18.9 Å². The number of hydrogen-bond acceptors (Lipinski definition) is 3. The summed E-state index contributed by atoms with van der Waals surface area (Å²) in [7, 11) is 0. The third-order valence-corrected chi connectivity index (χ3v) is 2.85. The Kier molecular flexibility index (Phi) is 3.99. The molecule has 1 aromatic heterocycles. The Hall–Kier alpha value is -1.81. The zero-order chi connectivity index (χ0) is 13.0. The average molecular weight is 247 g/mol. The normalized spacial score (nSPS) is 11.2. The van der Waals surface area contributed by atoms with E-state index in [1.165, 1.54) is 0 Å². The van der Waals surface area contributed by atoms with Gasteiger partial charge in [0.15, 0.2) is 0 Å². The highest BCUT2D eigenvalue weighted by Crippen LogP contribution is 2.22. The number of carboxylic acid groups (broad SMARTS) is 1. The lowest BCUT2D eigenvalue weighted by Gasteiger charge is -2.18. The van der Waals surface area contributed by atoms with Crippen molar-refractivity contribution in [3.05, 3.63) is 36.1 Å². The molecule has 0 radical (unpaired) electrons. The molecule has 1 heterocycles. The highest BCUT2D eigenvalue weighted by Gasteiger charge is 2.12. The van der Waals surface area contributed by atoms with Crippen LogP contribution >= 0.6 is 0 Å². The highest BCUT2D eigenvalue weighted by molar-refractivity contribution is 5.80. The van der Waals surface area contributed by atoms with E-state index in [0.29, 0.717) is 6.54 Å². The monoisotopic (exact) mass is 247 g/mol. The zero-order valence-electron chi connectivity index (χ0n) is 10.4. The van der Waals surface area contributed by atoms with Crippen molar-refractivity contribution in [3.63, 3.8) is 0 Å². The van der Waals surface area contributed by atoms with Crippen LogP contribution in [0.3, 0.4) is 0 Å². The molecule has 0 atom stereocenters. The summed E-state index contributed by atoms with van der Waals surface area (Å²) >= 11 is 0. The number of carbonyl (C=O) groups is 1. The molecule has 0 aliphatic carbocycles. The van der Waals surface area contributed by atoms with Crippen LogP contribution in [0.4, 0.5) is 0 Å². The Labute approximate surface area is 106 Å². The summed E-state index contributed by atoms with van der Waals surface area (Å²) < 4.78 is 5.46. The van der Waals surface area contributed by atoms with Crippen molar-refractivity contribution in [3.8, 4) is 0 Å². The van der Waals surface area contributed by atoms with E-state index in [9.17, 15) is 4.79 Å². The summed E-state index contributed by atoms with van der Waals surface area (Å²) in [5.41, 5.74) is 1.89. The first-order valence-electron chi connectivity index (χ1n) is 6.10. The number of carboxylic acids is 1. The molecule has 0 unspecified atom stereocenters. The van der Waals surface area contributed by atoms with Crippen molar-refractivity contribution in [2.75, 3.05) is 13.1 Å². The number of nitrogens with zero attached hydrogens (tertiary/aromatic N) is 1. The highest BCUT2D eigenvalue weighted by atomic mass is 16.4. The van der Waals surface area contributed by atoms with Gasteiger partial charge in [0.1, 0.15) is 5.58 Å². The summed E-state index contributed by atoms with van der Waals surface area (Å²) in [5.74, 6) is -0.795. The first-order chi connectivity index (χ1) is 8.70. The van der Waals surface area contributed by atoms with Gasteiger partial charge in [-0.05, 0) is 19.0 Å². The van der Waals surface area contributed by atoms with E-state index in [1.54, 1.807) is 6.26 Å². The molecule has 0 saturated carbocycles. The zero-order valence-corrected chi connectivity index (χ0v) is 10.4. The first kappa shape index (κ1) is 12.6. The molecule has 4 nitrogen and oxygen atoms in total. The van der Waals surface area contributed by atoms with Crippen molar-refractivity contribution in [1.82, 2.24) is 4.90 Å². The van der Waals surface area contributed by atoms with Gasteiger partial charge in [-0.15, -0.1) is 0 Å². The Morgan fingerprint density at radius 3 is 2.89 bits per heavy atom. The number of hydrogen-bond donors (Lipinski definition) is 1. The fourth-order valence-electron chi connectivity index (χ4n) is 2.12. The van der Waals surface area contributed by atoms with Gasteiger partial charge < -0.3 is 9.52 Å². The lowest BCUT2D eigenvalue weighted by Crippen LogP contribution is -2.29. The smallest absolute Gasteiger partial charge is 0.317 e. The molecular formula is C14H17NO3. The number of furan rings is 1. The first-order valence-corrected chi connectivity index (χ1v) is 6.10. The lowest BCUT2D eigenvalue weighted by atomic mass is 10.1. The third-order valence-electron chi connectivity index (χ3n) is 2.85. The minimum atomic E-state index is -0.795. The van der Waals surface area contributed by atoms with Crippen LogP contribution in [-0.4, -0.2) is 29.1 Å². The topological polar surface area (TPSA) is 53.7 Å². The van der Waals surface area contributed by atoms with Gasteiger partial charge in [0, 0.05) is 17.5 Å². The van der Waals surface area contributed by atoms with Crippen LogP contribution in [0.15, 0.2) is 34.9 Å². The molecule has 0 aliphatic heterocycles. The molecule has 0 spiro atoms. The predicted molar refractivity (Wildman–Crippen MR) is 69.4 cm³/mol. The van der Waals surface area contributed by atoms with Crippen LogP contribution < -0.4 is 0 Å². The molecule has 18 heavy (non-hydrogen) atoms. The third kappa shape index (κ3) is 2.90. The minimum absolute atomic E-state index is 0.0628. The summed E-state index contributed by atoms with van der Waals surface area (Å²) in [6, 6.07) is 7.80. The van der Waals surface area contributed by atoms with Gasteiger partial charge in [-0.3, -0.25) is 9.69 Å². The number of aliphatic carboxylic acids is 1. The van der Waals surface area contributed by atoms with Gasteiger partial charge in [-0.1, -0.05) is 25.1 Å². The van der Waals surface area contributed by atoms with Crippen LogP contribution in [0.25, 0.3) is 11.0 Å². The fraction of sp³-hybridized carbons (Fsp3) is 0.357. The van der Waals surface area contributed by atoms with Crippen molar-refractivity contribution in [2.24, 2.45) is 0 Å². The van der Waals surface area contributed by atoms with Crippen LogP contribution in [0.2, 0.25) is 0 Å². The summed E-state index contributed by atoms with van der Waals surface area (Å²) in [6.07, 6.45) is 2.65. The molecule has 0 fully saturated rings. The lowest BCUT2D eigenvalue weighted by molar-refractivity contribution is -0.138. The SMILES string of the molecule is CCCN(CC(=O)O)Cc1coc2ccccc12. The van der Waals surface area contributed by atoms with E-state index in [-0.39, 0.29) is 6.54 Å². The van der Waals surface area contributed by atoms with E-state index in [2.05, 4.69) is 0 Å². The maximum absolute atomic E-state index is 10.8. The number of rotatable bonds is 6. The average Bonchev–Trinajstić information content (AvgIpc) is 2.72. The maximum atomic E-state index is 10.8. The number of fused-ring (bicyclic) bond motifs is 1. The van der Waals surface area contributed by atoms with Crippen LogP contribution in [0, 0.1) is 0 Å². The van der Waals surface area contributed by atoms with Crippen molar-refractivity contribution in [1.29, 1.82) is 0 Å². The second kappa shape index (κ2) is 5.69. The van der Waals surface area contributed by atoms with E-state index in [1.807, 2.05) is 36.1 Å². The number of benzene rings is 1.